The minimum absolute atomic E-state index is 0.0628. The van der Waals surface area contributed by atoms with Crippen LogP contribution in [0.3, 0.4) is 0 Å². The van der Waals surface area contributed by atoms with E-state index >= 15 is 0 Å². The summed E-state index contributed by atoms with van der Waals surface area (Å²) in [5.74, 6) is 0.0940. The van der Waals surface area contributed by atoms with E-state index in [1.54, 1.807) is 42.5 Å². The van der Waals surface area contributed by atoms with Gasteiger partial charge in [-0.3, -0.25) is 4.79 Å². The van der Waals surface area contributed by atoms with Gasteiger partial charge in [0.05, 0.1) is 11.7 Å². The summed E-state index contributed by atoms with van der Waals surface area (Å²) in [7, 11) is 0. The summed E-state index contributed by atoms with van der Waals surface area (Å²) >= 11 is 3.27. The van der Waals surface area contributed by atoms with Gasteiger partial charge in [-0.25, -0.2) is 4.79 Å². The number of hydrogen-bond acceptors (Lipinski definition) is 4. The Balaban J connectivity index is 2.28. The molecule has 0 saturated carbocycles. The highest BCUT2D eigenvalue weighted by atomic mass is 79.9. The first-order valence-electron chi connectivity index (χ1n) is 6.74. The van der Waals surface area contributed by atoms with Gasteiger partial charge in [0.25, 0.3) is 0 Å². The zero-order chi connectivity index (χ0) is 16.1. The van der Waals surface area contributed by atoms with Gasteiger partial charge in [0.1, 0.15) is 17.1 Å². The molecule has 0 fully saturated rings. The maximum atomic E-state index is 12.3. The van der Waals surface area contributed by atoms with Crippen LogP contribution in [-0.2, 0) is 0 Å². The number of benzene rings is 2. The third-order valence-electron chi connectivity index (χ3n) is 2.77. The molecule has 0 unspecified atom stereocenters. The molecule has 0 bridgehead atoms. The molecule has 0 radical (unpaired) electrons. The van der Waals surface area contributed by atoms with Crippen molar-refractivity contribution in [3.63, 3.8) is 0 Å². The van der Waals surface area contributed by atoms with Crippen LogP contribution in [0.1, 0.15) is 34.6 Å². The van der Waals surface area contributed by atoms with Crippen LogP contribution in [0.25, 0.3) is 0 Å². The number of ether oxygens (including phenoxy) is 2. The standard InChI is InChI=1S/C17H15BrO4/c1-11(2)21-16-6-4-3-5-14(16)17(20)22-15-8-7-13(18)9-12(15)10-19/h3-11H,1-2H3. The number of carbonyl (C=O) groups is 2. The van der Waals surface area contributed by atoms with E-state index < -0.39 is 5.97 Å². The second-order valence-electron chi connectivity index (χ2n) is 4.85. The second-order valence-corrected chi connectivity index (χ2v) is 5.77. The molecule has 0 aliphatic rings. The maximum absolute atomic E-state index is 12.3. The van der Waals surface area contributed by atoms with Crippen molar-refractivity contribution >= 4 is 28.2 Å². The molecule has 0 saturated heterocycles. The van der Waals surface area contributed by atoms with Gasteiger partial charge in [-0.05, 0) is 44.2 Å². The summed E-state index contributed by atoms with van der Waals surface area (Å²) in [4.78, 5) is 23.4. The first kappa shape index (κ1) is 16.2. The molecule has 0 amide bonds. The lowest BCUT2D eigenvalue weighted by Crippen LogP contribution is -2.14. The topological polar surface area (TPSA) is 52.6 Å². The monoisotopic (exact) mass is 362 g/mol. The molecule has 0 atom stereocenters. The van der Waals surface area contributed by atoms with E-state index in [0.29, 0.717) is 23.2 Å². The Labute approximate surface area is 137 Å². The summed E-state index contributed by atoms with van der Waals surface area (Å²) in [6, 6.07) is 11.7. The second kappa shape index (κ2) is 7.22. The highest BCUT2D eigenvalue weighted by Crippen LogP contribution is 2.25. The normalized spacial score (nSPS) is 10.4. The molecular weight excluding hydrogens is 348 g/mol. The maximum Gasteiger partial charge on any atom is 0.347 e. The minimum atomic E-state index is -0.568. The lowest BCUT2D eigenvalue weighted by molar-refractivity contribution is 0.0727. The molecular formula is C17H15BrO4. The Morgan fingerprint density at radius 1 is 1.14 bits per heavy atom. The van der Waals surface area contributed by atoms with Gasteiger partial charge in [-0.2, -0.15) is 0 Å². The average Bonchev–Trinajstić information content (AvgIpc) is 2.48. The average molecular weight is 363 g/mol. The molecule has 2 aromatic rings. The number of hydrogen-bond donors (Lipinski definition) is 0. The predicted molar refractivity (Wildman–Crippen MR) is 86.7 cm³/mol. The number of esters is 1. The largest absolute Gasteiger partial charge is 0.490 e. The molecule has 5 heteroatoms. The fourth-order valence-electron chi connectivity index (χ4n) is 1.85. The Morgan fingerprint density at radius 3 is 2.55 bits per heavy atom. The quantitative estimate of drug-likeness (QED) is 0.452. The number of halogens is 1. The summed E-state index contributed by atoms with van der Waals surface area (Å²) < 4.78 is 11.7. The first-order valence-corrected chi connectivity index (χ1v) is 7.53. The predicted octanol–water partition coefficient (Wildman–Crippen LogP) is 4.27. The zero-order valence-corrected chi connectivity index (χ0v) is 13.8. The van der Waals surface area contributed by atoms with Crippen molar-refractivity contribution in [1.82, 2.24) is 0 Å². The number of carbonyl (C=O) groups excluding carboxylic acids is 2. The Morgan fingerprint density at radius 2 is 1.86 bits per heavy atom. The molecule has 2 rings (SSSR count). The highest BCUT2D eigenvalue weighted by Gasteiger charge is 2.17. The third-order valence-corrected chi connectivity index (χ3v) is 3.26. The van der Waals surface area contributed by atoms with Gasteiger partial charge >= 0.3 is 5.97 Å². The van der Waals surface area contributed by atoms with Crippen LogP contribution < -0.4 is 9.47 Å². The third kappa shape index (κ3) is 3.95. The lowest BCUT2D eigenvalue weighted by atomic mass is 10.2. The van der Waals surface area contributed by atoms with Crippen LogP contribution in [-0.4, -0.2) is 18.4 Å². The van der Waals surface area contributed by atoms with Gasteiger partial charge in [-0.15, -0.1) is 0 Å². The number of rotatable bonds is 5. The minimum Gasteiger partial charge on any atom is -0.490 e. The van der Waals surface area contributed by atoms with E-state index in [1.165, 1.54) is 0 Å². The van der Waals surface area contributed by atoms with Crippen LogP contribution in [0.15, 0.2) is 46.9 Å². The SMILES string of the molecule is CC(C)Oc1ccccc1C(=O)Oc1ccc(Br)cc1C=O. The van der Waals surface area contributed by atoms with E-state index in [4.69, 9.17) is 9.47 Å². The Hall–Kier alpha value is -2.14. The van der Waals surface area contributed by atoms with Crippen molar-refractivity contribution in [2.24, 2.45) is 0 Å². The van der Waals surface area contributed by atoms with Crippen LogP contribution in [0.5, 0.6) is 11.5 Å². The summed E-state index contributed by atoms with van der Waals surface area (Å²) in [5.41, 5.74) is 0.612. The van der Waals surface area contributed by atoms with Crippen molar-refractivity contribution in [1.29, 1.82) is 0 Å². The molecule has 0 aliphatic heterocycles. The van der Waals surface area contributed by atoms with E-state index in [0.717, 1.165) is 4.47 Å². The molecule has 114 valence electrons. The molecule has 0 aliphatic carbocycles. The van der Waals surface area contributed by atoms with Crippen molar-refractivity contribution < 1.29 is 19.1 Å². The molecule has 0 N–H and O–H groups in total. The van der Waals surface area contributed by atoms with Crippen molar-refractivity contribution in [3.8, 4) is 11.5 Å². The van der Waals surface area contributed by atoms with Crippen molar-refractivity contribution in [2.75, 3.05) is 0 Å². The number of aldehydes is 1. The molecule has 0 heterocycles. The lowest BCUT2D eigenvalue weighted by Gasteiger charge is -2.14. The molecule has 0 spiro atoms. The fourth-order valence-corrected chi connectivity index (χ4v) is 2.23. The fraction of sp³-hybridized carbons (Fsp3) is 0.176. The van der Waals surface area contributed by atoms with Gasteiger partial charge in [0, 0.05) is 4.47 Å². The summed E-state index contributed by atoms with van der Waals surface area (Å²) in [5, 5.41) is 0. The zero-order valence-electron chi connectivity index (χ0n) is 12.2. The number of para-hydroxylation sites is 1. The van der Waals surface area contributed by atoms with Crippen LogP contribution in [0.2, 0.25) is 0 Å². The van der Waals surface area contributed by atoms with E-state index in [9.17, 15) is 9.59 Å². The van der Waals surface area contributed by atoms with Crippen LogP contribution in [0, 0.1) is 0 Å². The first-order chi connectivity index (χ1) is 10.5. The van der Waals surface area contributed by atoms with Crippen molar-refractivity contribution in [2.45, 2.75) is 20.0 Å². The van der Waals surface area contributed by atoms with Crippen LogP contribution >= 0.6 is 15.9 Å². The van der Waals surface area contributed by atoms with Gasteiger partial charge in [-0.1, -0.05) is 28.1 Å². The Bertz CT molecular complexity index is 695. The smallest absolute Gasteiger partial charge is 0.347 e. The molecule has 2 aromatic carbocycles. The van der Waals surface area contributed by atoms with Crippen LogP contribution in [0.4, 0.5) is 0 Å². The summed E-state index contributed by atoms with van der Waals surface area (Å²) in [6.45, 7) is 3.75. The summed E-state index contributed by atoms with van der Waals surface area (Å²) in [6.07, 6.45) is 0.580. The van der Waals surface area contributed by atoms with E-state index in [-0.39, 0.29) is 11.9 Å². The highest BCUT2D eigenvalue weighted by molar-refractivity contribution is 9.10. The Kier molecular flexibility index (Phi) is 5.33. The van der Waals surface area contributed by atoms with E-state index in [2.05, 4.69) is 15.9 Å². The molecule has 4 nitrogen and oxygen atoms in total. The van der Waals surface area contributed by atoms with Crippen molar-refractivity contribution in [3.05, 3.63) is 58.1 Å². The molecule has 22 heavy (non-hydrogen) atoms. The van der Waals surface area contributed by atoms with Gasteiger partial charge in [0.15, 0.2) is 6.29 Å². The molecule has 0 aromatic heterocycles. The van der Waals surface area contributed by atoms with Gasteiger partial charge in [0.2, 0.25) is 0 Å². The van der Waals surface area contributed by atoms with E-state index in [1.807, 2.05) is 13.8 Å². The van der Waals surface area contributed by atoms with Gasteiger partial charge < -0.3 is 9.47 Å².